The van der Waals surface area contributed by atoms with Crippen molar-refractivity contribution < 1.29 is 9.47 Å². The van der Waals surface area contributed by atoms with Gasteiger partial charge < -0.3 is 20.5 Å². The molecule has 106 valence electrons. The standard InChI is InChI=1S/C16H20N2O2/c1-3-19-15-7-5-13(6-8-15)18-14-9-12(17)10-16(11-14)20-4-2/h5-11,18H,3-4,17H2,1-2H3. The van der Waals surface area contributed by atoms with Crippen LogP contribution in [0.25, 0.3) is 0 Å². The van der Waals surface area contributed by atoms with Crippen molar-refractivity contribution in [3.05, 3.63) is 42.5 Å². The topological polar surface area (TPSA) is 56.5 Å². The predicted molar refractivity (Wildman–Crippen MR) is 82.9 cm³/mol. The monoisotopic (exact) mass is 272 g/mol. The molecule has 3 N–H and O–H groups in total. The summed E-state index contributed by atoms with van der Waals surface area (Å²) in [5.74, 6) is 1.63. The summed E-state index contributed by atoms with van der Waals surface area (Å²) >= 11 is 0. The van der Waals surface area contributed by atoms with Crippen molar-refractivity contribution in [2.24, 2.45) is 0 Å². The summed E-state index contributed by atoms with van der Waals surface area (Å²) in [4.78, 5) is 0. The van der Waals surface area contributed by atoms with Gasteiger partial charge in [0.15, 0.2) is 0 Å². The minimum Gasteiger partial charge on any atom is -0.494 e. The minimum absolute atomic E-state index is 0.617. The van der Waals surface area contributed by atoms with Crippen LogP contribution in [0.1, 0.15) is 13.8 Å². The number of benzene rings is 2. The first-order chi connectivity index (χ1) is 9.71. The SMILES string of the molecule is CCOc1ccc(Nc2cc(N)cc(OCC)c2)cc1. The van der Waals surface area contributed by atoms with E-state index in [1.54, 1.807) is 0 Å². The van der Waals surface area contributed by atoms with E-state index in [-0.39, 0.29) is 0 Å². The molecular weight excluding hydrogens is 252 g/mol. The number of hydrogen-bond acceptors (Lipinski definition) is 4. The largest absolute Gasteiger partial charge is 0.494 e. The Morgan fingerprint density at radius 3 is 2.15 bits per heavy atom. The molecule has 0 bridgehead atoms. The number of nitrogens with one attached hydrogen (secondary N) is 1. The van der Waals surface area contributed by atoms with Crippen LogP contribution in [0.15, 0.2) is 42.5 Å². The van der Waals surface area contributed by atoms with E-state index < -0.39 is 0 Å². The maximum atomic E-state index is 5.87. The first-order valence-corrected chi connectivity index (χ1v) is 6.74. The van der Waals surface area contributed by atoms with E-state index >= 15 is 0 Å². The molecule has 0 amide bonds. The summed E-state index contributed by atoms with van der Waals surface area (Å²) in [6, 6.07) is 13.4. The Kier molecular flexibility index (Phi) is 4.71. The Morgan fingerprint density at radius 2 is 1.50 bits per heavy atom. The highest BCUT2D eigenvalue weighted by Crippen LogP contribution is 2.26. The van der Waals surface area contributed by atoms with E-state index in [4.69, 9.17) is 15.2 Å². The average molecular weight is 272 g/mol. The van der Waals surface area contributed by atoms with Crippen LogP contribution in [0.3, 0.4) is 0 Å². The van der Waals surface area contributed by atoms with Crippen LogP contribution in [-0.2, 0) is 0 Å². The van der Waals surface area contributed by atoms with Gasteiger partial charge in [0.05, 0.1) is 13.2 Å². The lowest BCUT2D eigenvalue weighted by Crippen LogP contribution is -1.97. The first kappa shape index (κ1) is 14.1. The van der Waals surface area contributed by atoms with Crippen molar-refractivity contribution >= 4 is 17.1 Å². The first-order valence-electron chi connectivity index (χ1n) is 6.74. The second-order valence-corrected chi connectivity index (χ2v) is 4.31. The molecule has 0 saturated carbocycles. The molecule has 0 fully saturated rings. The Morgan fingerprint density at radius 1 is 0.850 bits per heavy atom. The zero-order chi connectivity index (χ0) is 14.4. The summed E-state index contributed by atoms with van der Waals surface area (Å²) < 4.78 is 10.9. The Labute approximate surface area is 119 Å². The molecule has 0 atom stereocenters. The highest BCUT2D eigenvalue weighted by molar-refractivity contribution is 5.66. The minimum atomic E-state index is 0.617. The molecule has 2 rings (SSSR count). The Balaban J connectivity index is 2.12. The van der Waals surface area contributed by atoms with Crippen LogP contribution in [-0.4, -0.2) is 13.2 Å². The normalized spacial score (nSPS) is 10.1. The van der Waals surface area contributed by atoms with Crippen LogP contribution in [0.5, 0.6) is 11.5 Å². The molecule has 0 radical (unpaired) electrons. The van der Waals surface area contributed by atoms with E-state index in [1.165, 1.54) is 0 Å². The van der Waals surface area contributed by atoms with Gasteiger partial charge in [-0.1, -0.05) is 0 Å². The summed E-state index contributed by atoms with van der Waals surface area (Å²) in [5.41, 5.74) is 8.41. The van der Waals surface area contributed by atoms with Crippen molar-refractivity contribution in [2.75, 3.05) is 24.3 Å². The lowest BCUT2D eigenvalue weighted by Gasteiger charge is -2.11. The fourth-order valence-corrected chi connectivity index (χ4v) is 1.91. The third-order valence-corrected chi connectivity index (χ3v) is 2.69. The van der Waals surface area contributed by atoms with Crippen molar-refractivity contribution in [3.63, 3.8) is 0 Å². The van der Waals surface area contributed by atoms with Gasteiger partial charge in [-0.3, -0.25) is 0 Å². The van der Waals surface area contributed by atoms with Crippen LogP contribution in [0, 0.1) is 0 Å². The maximum Gasteiger partial charge on any atom is 0.123 e. The smallest absolute Gasteiger partial charge is 0.123 e. The third kappa shape index (κ3) is 3.82. The number of rotatable bonds is 6. The quantitative estimate of drug-likeness (QED) is 0.785. The van der Waals surface area contributed by atoms with Gasteiger partial charge in [0.2, 0.25) is 0 Å². The summed E-state index contributed by atoms with van der Waals surface area (Å²) in [6.45, 7) is 5.20. The molecule has 4 nitrogen and oxygen atoms in total. The number of ether oxygens (including phenoxy) is 2. The molecule has 20 heavy (non-hydrogen) atoms. The van der Waals surface area contributed by atoms with Gasteiger partial charge >= 0.3 is 0 Å². The van der Waals surface area contributed by atoms with Crippen molar-refractivity contribution in [1.82, 2.24) is 0 Å². The van der Waals surface area contributed by atoms with Crippen molar-refractivity contribution in [1.29, 1.82) is 0 Å². The van der Waals surface area contributed by atoms with Gasteiger partial charge in [0, 0.05) is 29.2 Å². The van der Waals surface area contributed by atoms with Crippen molar-refractivity contribution in [2.45, 2.75) is 13.8 Å². The fraction of sp³-hybridized carbons (Fsp3) is 0.250. The average Bonchev–Trinajstić information content (AvgIpc) is 2.41. The molecular formula is C16H20N2O2. The van der Waals surface area contributed by atoms with Crippen LogP contribution < -0.4 is 20.5 Å². The molecule has 0 spiro atoms. The number of anilines is 3. The molecule has 0 heterocycles. The van der Waals surface area contributed by atoms with Gasteiger partial charge in [-0.15, -0.1) is 0 Å². The van der Waals surface area contributed by atoms with E-state index in [2.05, 4.69) is 5.32 Å². The van der Waals surface area contributed by atoms with Crippen molar-refractivity contribution in [3.8, 4) is 11.5 Å². The number of hydrogen-bond donors (Lipinski definition) is 2. The predicted octanol–water partition coefficient (Wildman–Crippen LogP) is 3.81. The van der Waals surface area contributed by atoms with Crippen LogP contribution >= 0.6 is 0 Å². The molecule has 4 heteroatoms. The Bertz CT molecular complexity index is 553. The zero-order valence-electron chi connectivity index (χ0n) is 11.8. The van der Waals surface area contributed by atoms with E-state index in [0.717, 1.165) is 22.9 Å². The highest BCUT2D eigenvalue weighted by atomic mass is 16.5. The molecule has 2 aromatic rings. The second kappa shape index (κ2) is 6.70. The van der Waals surface area contributed by atoms with Gasteiger partial charge in [-0.05, 0) is 44.2 Å². The zero-order valence-corrected chi connectivity index (χ0v) is 11.8. The van der Waals surface area contributed by atoms with E-state index in [1.807, 2.05) is 56.3 Å². The molecule has 0 saturated heterocycles. The molecule has 0 unspecified atom stereocenters. The Hall–Kier alpha value is -2.36. The molecule has 0 aromatic heterocycles. The second-order valence-electron chi connectivity index (χ2n) is 4.31. The van der Waals surface area contributed by atoms with Crippen LogP contribution in [0.2, 0.25) is 0 Å². The third-order valence-electron chi connectivity index (χ3n) is 2.69. The molecule has 2 aromatic carbocycles. The molecule has 0 aliphatic heterocycles. The highest BCUT2D eigenvalue weighted by Gasteiger charge is 2.01. The summed E-state index contributed by atoms with van der Waals surface area (Å²) in [5, 5.41) is 3.30. The van der Waals surface area contributed by atoms with E-state index in [0.29, 0.717) is 18.9 Å². The fourth-order valence-electron chi connectivity index (χ4n) is 1.91. The lowest BCUT2D eigenvalue weighted by atomic mass is 10.2. The molecule has 0 aliphatic carbocycles. The lowest BCUT2D eigenvalue weighted by molar-refractivity contribution is 0.340. The number of nitrogens with two attached hydrogens (primary N) is 1. The summed E-state index contributed by atoms with van der Waals surface area (Å²) in [7, 11) is 0. The summed E-state index contributed by atoms with van der Waals surface area (Å²) in [6.07, 6.45) is 0. The maximum absolute atomic E-state index is 5.87. The van der Waals surface area contributed by atoms with Gasteiger partial charge in [-0.2, -0.15) is 0 Å². The molecule has 0 aliphatic rings. The van der Waals surface area contributed by atoms with Crippen LogP contribution in [0.4, 0.5) is 17.1 Å². The van der Waals surface area contributed by atoms with Gasteiger partial charge in [0.25, 0.3) is 0 Å². The van der Waals surface area contributed by atoms with Gasteiger partial charge in [0.1, 0.15) is 11.5 Å². The van der Waals surface area contributed by atoms with E-state index in [9.17, 15) is 0 Å². The van der Waals surface area contributed by atoms with Gasteiger partial charge in [-0.25, -0.2) is 0 Å². The number of nitrogen functional groups attached to an aromatic ring is 1.